The molecule has 0 atom stereocenters. The monoisotopic (exact) mass is 287 g/mol. The van der Waals surface area contributed by atoms with E-state index in [-0.39, 0.29) is 0 Å². The topological polar surface area (TPSA) is 75.7 Å². The van der Waals surface area contributed by atoms with Crippen molar-refractivity contribution in [2.75, 3.05) is 12.4 Å². The molecule has 102 valence electrons. The van der Waals surface area contributed by atoms with Crippen molar-refractivity contribution in [1.29, 1.82) is 0 Å². The first-order chi connectivity index (χ1) is 9.76. The van der Waals surface area contributed by atoms with Crippen LogP contribution in [0, 0.1) is 6.92 Å². The predicted octanol–water partition coefficient (Wildman–Crippen LogP) is 2.99. The number of hydrogen-bond acceptors (Lipinski definition) is 6. The van der Waals surface area contributed by atoms with E-state index in [9.17, 15) is 0 Å². The highest BCUT2D eigenvalue weighted by atomic mass is 32.1. The van der Waals surface area contributed by atoms with E-state index in [2.05, 4.69) is 25.5 Å². The van der Waals surface area contributed by atoms with Gasteiger partial charge in [0.25, 0.3) is 0 Å². The Bertz CT molecular complexity index is 690. The van der Waals surface area contributed by atoms with Crippen molar-refractivity contribution in [3.63, 3.8) is 0 Å². The number of nitrogens with zero attached hydrogens (tertiary/aromatic N) is 3. The Kier molecular flexibility index (Phi) is 3.34. The van der Waals surface area contributed by atoms with Crippen molar-refractivity contribution < 1.29 is 4.74 Å². The number of pyridine rings is 1. The molecule has 0 aliphatic heterocycles. The quantitative estimate of drug-likeness (QED) is 0.771. The molecule has 20 heavy (non-hydrogen) atoms. The van der Waals surface area contributed by atoms with E-state index in [1.54, 1.807) is 30.8 Å². The lowest BCUT2D eigenvalue weighted by Crippen LogP contribution is -1.93. The molecule has 0 fully saturated rings. The van der Waals surface area contributed by atoms with Crippen molar-refractivity contribution in [3.8, 4) is 17.0 Å². The second-order valence-electron chi connectivity index (χ2n) is 4.12. The van der Waals surface area contributed by atoms with Crippen LogP contribution in [-0.4, -0.2) is 27.3 Å². The van der Waals surface area contributed by atoms with E-state index < -0.39 is 0 Å². The van der Waals surface area contributed by atoms with Gasteiger partial charge in [-0.2, -0.15) is 5.10 Å². The lowest BCUT2D eigenvalue weighted by molar-refractivity contribution is 0.413. The van der Waals surface area contributed by atoms with Crippen molar-refractivity contribution in [1.82, 2.24) is 20.2 Å². The summed E-state index contributed by atoms with van der Waals surface area (Å²) >= 11 is 1.58. The van der Waals surface area contributed by atoms with Gasteiger partial charge in [-0.05, 0) is 19.1 Å². The fourth-order valence-corrected chi connectivity index (χ4v) is 2.63. The number of aromatic amines is 1. The summed E-state index contributed by atoms with van der Waals surface area (Å²) in [7, 11) is 1.62. The van der Waals surface area contributed by atoms with Crippen LogP contribution in [0.25, 0.3) is 11.3 Å². The molecule has 0 saturated heterocycles. The summed E-state index contributed by atoms with van der Waals surface area (Å²) < 4.78 is 5.08. The standard InChI is InChI=1S/C13H13N5OS/c1-8-12(9-5-15-16-6-9)18-13(20-8)17-11-4-3-10(19-2)7-14-11/h3-7H,1-2H3,(H,15,16)(H,14,17,18). The Labute approximate surface area is 119 Å². The molecule has 0 radical (unpaired) electrons. The van der Waals surface area contributed by atoms with Crippen molar-refractivity contribution >= 4 is 22.3 Å². The Hall–Kier alpha value is -2.41. The van der Waals surface area contributed by atoms with Crippen LogP contribution in [-0.2, 0) is 0 Å². The molecule has 3 heterocycles. The normalized spacial score (nSPS) is 10.5. The van der Waals surface area contributed by atoms with Crippen LogP contribution < -0.4 is 10.1 Å². The fraction of sp³-hybridized carbons (Fsp3) is 0.154. The highest BCUT2D eigenvalue weighted by Crippen LogP contribution is 2.31. The van der Waals surface area contributed by atoms with Gasteiger partial charge in [-0.15, -0.1) is 11.3 Å². The molecule has 0 spiro atoms. The summed E-state index contributed by atoms with van der Waals surface area (Å²) in [6, 6.07) is 3.71. The maximum atomic E-state index is 5.08. The first-order valence-corrected chi connectivity index (χ1v) is 6.81. The van der Waals surface area contributed by atoms with E-state index in [0.29, 0.717) is 0 Å². The number of nitrogens with one attached hydrogen (secondary N) is 2. The van der Waals surface area contributed by atoms with Gasteiger partial charge in [-0.3, -0.25) is 5.10 Å². The van der Waals surface area contributed by atoms with E-state index in [1.807, 2.05) is 25.3 Å². The molecule has 7 heteroatoms. The van der Waals surface area contributed by atoms with Crippen LogP contribution in [0.2, 0.25) is 0 Å². The molecular weight excluding hydrogens is 274 g/mol. The molecule has 0 unspecified atom stereocenters. The maximum absolute atomic E-state index is 5.08. The molecule has 6 nitrogen and oxygen atoms in total. The molecule has 0 aromatic carbocycles. The average molecular weight is 287 g/mol. The predicted molar refractivity (Wildman–Crippen MR) is 78.5 cm³/mol. The molecular formula is C13H13N5OS. The summed E-state index contributed by atoms with van der Waals surface area (Å²) in [6.45, 7) is 2.03. The van der Waals surface area contributed by atoms with Gasteiger partial charge in [0, 0.05) is 16.6 Å². The number of aryl methyl sites for hydroxylation is 1. The van der Waals surface area contributed by atoms with Crippen molar-refractivity contribution in [2.24, 2.45) is 0 Å². The van der Waals surface area contributed by atoms with E-state index >= 15 is 0 Å². The zero-order valence-electron chi connectivity index (χ0n) is 11.0. The molecule has 0 aliphatic rings. The molecule has 0 bridgehead atoms. The zero-order chi connectivity index (χ0) is 13.9. The number of aromatic nitrogens is 4. The maximum Gasteiger partial charge on any atom is 0.189 e. The van der Waals surface area contributed by atoms with Gasteiger partial charge in [0.05, 0.1) is 25.2 Å². The van der Waals surface area contributed by atoms with Gasteiger partial charge in [0.1, 0.15) is 11.6 Å². The third kappa shape index (κ3) is 2.48. The van der Waals surface area contributed by atoms with Gasteiger partial charge >= 0.3 is 0 Å². The SMILES string of the molecule is COc1ccc(Nc2nc(-c3cn[nH]c3)c(C)s2)nc1. The van der Waals surface area contributed by atoms with Gasteiger partial charge in [-0.1, -0.05) is 0 Å². The number of hydrogen-bond donors (Lipinski definition) is 2. The molecule has 0 amide bonds. The zero-order valence-corrected chi connectivity index (χ0v) is 11.9. The number of rotatable bonds is 4. The largest absolute Gasteiger partial charge is 0.495 e. The van der Waals surface area contributed by atoms with Crippen LogP contribution in [0.1, 0.15) is 4.88 Å². The van der Waals surface area contributed by atoms with Gasteiger partial charge in [-0.25, -0.2) is 9.97 Å². The average Bonchev–Trinajstić information content (AvgIpc) is 3.09. The molecule has 3 aromatic rings. The second kappa shape index (κ2) is 5.30. The Balaban J connectivity index is 1.82. The number of H-pyrrole nitrogens is 1. The van der Waals surface area contributed by atoms with Crippen LogP contribution >= 0.6 is 11.3 Å². The van der Waals surface area contributed by atoms with Crippen LogP contribution in [0.15, 0.2) is 30.7 Å². The number of thiazole rings is 1. The van der Waals surface area contributed by atoms with E-state index in [4.69, 9.17) is 4.74 Å². The Morgan fingerprint density at radius 3 is 2.85 bits per heavy atom. The first-order valence-electron chi connectivity index (χ1n) is 6.00. The lowest BCUT2D eigenvalue weighted by Gasteiger charge is -2.02. The minimum atomic E-state index is 0.727. The van der Waals surface area contributed by atoms with E-state index in [1.165, 1.54) is 0 Å². The minimum absolute atomic E-state index is 0.727. The first kappa shape index (κ1) is 12.6. The van der Waals surface area contributed by atoms with Gasteiger partial charge < -0.3 is 10.1 Å². The Morgan fingerprint density at radius 2 is 2.20 bits per heavy atom. The smallest absolute Gasteiger partial charge is 0.189 e. The summed E-state index contributed by atoms with van der Waals surface area (Å²) in [5.41, 5.74) is 1.91. The molecule has 3 aromatic heterocycles. The summed E-state index contributed by atoms with van der Waals surface area (Å²) in [4.78, 5) is 9.95. The van der Waals surface area contributed by atoms with Crippen molar-refractivity contribution in [2.45, 2.75) is 6.92 Å². The van der Waals surface area contributed by atoms with Gasteiger partial charge in [0.15, 0.2) is 5.13 Å². The summed E-state index contributed by atoms with van der Waals surface area (Å²) in [5.74, 6) is 1.46. The van der Waals surface area contributed by atoms with E-state index in [0.717, 1.165) is 32.8 Å². The van der Waals surface area contributed by atoms with Gasteiger partial charge in [0.2, 0.25) is 0 Å². The molecule has 0 aliphatic carbocycles. The second-order valence-corrected chi connectivity index (χ2v) is 5.32. The lowest BCUT2D eigenvalue weighted by atomic mass is 10.2. The third-order valence-corrected chi connectivity index (χ3v) is 3.66. The van der Waals surface area contributed by atoms with Crippen LogP contribution in [0.4, 0.5) is 10.9 Å². The van der Waals surface area contributed by atoms with Crippen molar-refractivity contribution in [3.05, 3.63) is 35.6 Å². The minimum Gasteiger partial charge on any atom is -0.495 e. The number of ether oxygens (including phenoxy) is 1. The highest BCUT2D eigenvalue weighted by Gasteiger charge is 2.11. The van der Waals surface area contributed by atoms with Crippen LogP contribution in [0.5, 0.6) is 5.75 Å². The molecule has 3 rings (SSSR count). The molecule has 0 saturated carbocycles. The van der Waals surface area contributed by atoms with Crippen LogP contribution in [0.3, 0.4) is 0 Å². The number of anilines is 2. The highest BCUT2D eigenvalue weighted by molar-refractivity contribution is 7.16. The molecule has 2 N–H and O–H groups in total. The summed E-state index contributed by atoms with van der Waals surface area (Å²) in [5, 5.41) is 10.7. The summed E-state index contributed by atoms with van der Waals surface area (Å²) in [6.07, 6.45) is 5.26. The fourth-order valence-electron chi connectivity index (χ4n) is 1.78. The third-order valence-electron chi connectivity index (χ3n) is 2.78. The Morgan fingerprint density at radius 1 is 1.30 bits per heavy atom. The number of methoxy groups -OCH3 is 1.